The van der Waals surface area contributed by atoms with Crippen LogP contribution in [-0.4, -0.2) is 83.7 Å². The number of sulfonamides is 1. The van der Waals surface area contributed by atoms with Crippen molar-refractivity contribution >= 4 is 15.9 Å². The van der Waals surface area contributed by atoms with Gasteiger partial charge < -0.3 is 19.8 Å². The molecule has 1 aromatic heterocycles. The van der Waals surface area contributed by atoms with Gasteiger partial charge in [0.1, 0.15) is 22.9 Å². The predicted molar refractivity (Wildman–Crippen MR) is 130 cm³/mol. The average Bonchev–Trinajstić information content (AvgIpc) is 2.84. The highest BCUT2D eigenvalue weighted by molar-refractivity contribution is 7.89. The molecule has 2 heterocycles. The highest BCUT2D eigenvalue weighted by atomic mass is 32.2. The molecular weight excluding hydrogens is 470 g/mol. The number of likely N-dealkylation sites (N-methyl/N-ethyl adjacent to an activating group) is 1. The molecule has 2 aromatic rings. The van der Waals surface area contributed by atoms with E-state index in [1.54, 1.807) is 44.6 Å². The lowest BCUT2D eigenvalue weighted by molar-refractivity contribution is 0.0563. The second-order valence-corrected chi connectivity index (χ2v) is 10.6. The SMILES string of the molecule is C[C@@H]1CN([C@@H](C)CO)S(=O)(=O)c2ccc(C#C[C@@H](C)O)cc2O[C@H]1CN(C)C(=O)c1ccncc1. The van der Waals surface area contributed by atoms with Gasteiger partial charge in [-0.15, -0.1) is 0 Å². The first-order chi connectivity index (χ1) is 16.5. The molecule has 0 saturated carbocycles. The molecule has 0 unspecified atom stereocenters. The maximum Gasteiger partial charge on any atom is 0.253 e. The second-order valence-electron chi connectivity index (χ2n) is 8.77. The van der Waals surface area contributed by atoms with Crippen LogP contribution in [0.1, 0.15) is 36.7 Å². The van der Waals surface area contributed by atoms with E-state index in [1.165, 1.54) is 28.3 Å². The largest absolute Gasteiger partial charge is 0.487 e. The molecule has 188 valence electrons. The highest BCUT2D eigenvalue weighted by Crippen LogP contribution is 2.34. The number of ether oxygens (including phenoxy) is 1. The zero-order valence-corrected chi connectivity index (χ0v) is 21.1. The number of pyridine rings is 1. The van der Waals surface area contributed by atoms with Crippen LogP contribution >= 0.6 is 0 Å². The molecule has 9 nitrogen and oxygen atoms in total. The molecule has 1 aliphatic rings. The maximum absolute atomic E-state index is 13.5. The van der Waals surface area contributed by atoms with Gasteiger partial charge in [-0.1, -0.05) is 18.8 Å². The third-order valence-corrected chi connectivity index (χ3v) is 7.84. The van der Waals surface area contributed by atoms with Gasteiger partial charge in [0.2, 0.25) is 10.0 Å². The quantitative estimate of drug-likeness (QED) is 0.594. The van der Waals surface area contributed by atoms with Crippen LogP contribution in [0.25, 0.3) is 0 Å². The molecule has 3 rings (SSSR count). The summed E-state index contributed by atoms with van der Waals surface area (Å²) < 4.78 is 34.5. The number of aromatic nitrogens is 1. The van der Waals surface area contributed by atoms with Crippen molar-refractivity contribution in [2.24, 2.45) is 5.92 Å². The van der Waals surface area contributed by atoms with E-state index in [4.69, 9.17) is 4.74 Å². The van der Waals surface area contributed by atoms with Crippen molar-refractivity contribution in [1.82, 2.24) is 14.2 Å². The van der Waals surface area contributed by atoms with Gasteiger partial charge in [0, 0.05) is 49.1 Å². The topological polar surface area (TPSA) is 120 Å². The molecule has 4 atom stereocenters. The number of hydrogen-bond acceptors (Lipinski definition) is 7. The number of aliphatic hydroxyl groups is 2. The molecule has 1 amide bonds. The molecule has 0 spiro atoms. The summed E-state index contributed by atoms with van der Waals surface area (Å²) in [5, 5.41) is 19.2. The van der Waals surface area contributed by atoms with Crippen molar-refractivity contribution < 1.29 is 28.2 Å². The number of amides is 1. The lowest BCUT2D eigenvalue weighted by Gasteiger charge is -2.37. The third kappa shape index (κ3) is 6.18. The number of benzene rings is 1. The van der Waals surface area contributed by atoms with Gasteiger partial charge in [-0.05, 0) is 44.2 Å². The Balaban J connectivity index is 2.02. The van der Waals surface area contributed by atoms with Crippen LogP contribution in [0.4, 0.5) is 0 Å². The fourth-order valence-corrected chi connectivity index (χ4v) is 5.60. The molecule has 0 fully saturated rings. The fraction of sp³-hybridized carbons (Fsp3) is 0.440. The number of carbonyl (C=O) groups is 1. The highest BCUT2D eigenvalue weighted by Gasteiger charge is 2.38. The summed E-state index contributed by atoms with van der Waals surface area (Å²) in [5.41, 5.74) is 0.963. The number of hydrogen-bond donors (Lipinski definition) is 2. The first-order valence-electron chi connectivity index (χ1n) is 11.3. The van der Waals surface area contributed by atoms with Crippen molar-refractivity contribution in [3.63, 3.8) is 0 Å². The lowest BCUT2D eigenvalue weighted by Crippen LogP contribution is -2.50. The third-order valence-electron chi connectivity index (χ3n) is 5.82. The number of aliphatic hydroxyl groups excluding tert-OH is 2. The second kappa shape index (κ2) is 11.2. The first kappa shape index (κ1) is 26.6. The Kier molecular flexibility index (Phi) is 8.51. The van der Waals surface area contributed by atoms with Crippen LogP contribution in [0.5, 0.6) is 5.75 Å². The molecule has 2 N–H and O–H groups in total. The molecule has 35 heavy (non-hydrogen) atoms. The van der Waals surface area contributed by atoms with Gasteiger partial charge in [-0.2, -0.15) is 4.31 Å². The van der Waals surface area contributed by atoms with E-state index < -0.39 is 28.3 Å². The van der Waals surface area contributed by atoms with Gasteiger partial charge >= 0.3 is 0 Å². The minimum Gasteiger partial charge on any atom is -0.487 e. The Morgan fingerprint density at radius 2 is 1.97 bits per heavy atom. The zero-order valence-electron chi connectivity index (χ0n) is 20.2. The standard InChI is InChI=1S/C25H31N3O6S/c1-17-14-28(18(2)16-29)35(32,33)24-8-7-20(6-5-19(3)30)13-22(24)34-23(17)15-27(4)25(31)21-9-11-26-12-10-21/h7-13,17-19,23,29-30H,14-16H2,1-4H3/t17-,18+,19-,23+/m1/s1. The van der Waals surface area contributed by atoms with Gasteiger partial charge in [0.15, 0.2) is 0 Å². The predicted octanol–water partition coefficient (Wildman–Crippen LogP) is 1.35. The molecular formula is C25H31N3O6S. The van der Waals surface area contributed by atoms with Crippen LogP contribution < -0.4 is 4.74 Å². The van der Waals surface area contributed by atoms with E-state index in [0.29, 0.717) is 11.1 Å². The number of rotatable bonds is 5. The fourth-order valence-electron chi connectivity index (χ4n) is 3.78. The molecule has 10 heteroatoms. The minimum absolute atomic E-state index is 0.0413. The molecule has 0 bridgehead atoms. The van der Waals surface area contributed by atoms with Crippen molar-refractivity contribution in [2.75, 3.05) is 26.7 Å². The Hall–Kier alpha value is -2.97. The summed E-state index contributed by atoms with van der Waals surface area (Å²) in [4.78, 5) is 18.3. The van der Waals surface area contributed by atoms with Crippen LogP contribution in [0.15, 0.2) is 47.6 Å². The average molecular weight is 502 g/mol. The van der Waals surface area contributed by atoms with Crippen LogP contribution in [0, 0.1) is 17.8 Å². The monoisotopic (exact) mass is 501 g/mol. The first-order valence-corrected chi connectivity index (χ1v) is 12.8. The van der Waals surface area contributed by atoms with Crippen molar-refractivity contribution in [3.05, 3.63) is 53.9 Å². The summed E-state index contributed by atoms with van der Waals surface area (Å²) in [5.74, 6) is 5.03. The summed E-state index contributed by atoms with van der Waals surface area (Å²) in [6.07, 6.45) is 1.69. The van der Waals surface area contributed by atoms with Crippen LogP contribution in [-0.2, 0) is 10.0 Å². The number of carbonyl (C=O) groups excluding carboxylic acids is 1. The summed E-state index contributed by atoms with van der Waals surface area (Å²) in [6.45, 7) is 4.99. The Labute approximate surface area is 206 Å². The molecule has 0 saturated heterocycles. The molecule has 1 aromatic carbocycles. The Morgan fingerprint density at radius 3 is 2.60 bits per heavy atom. The molecule has 0 radical (unpaired) electrons. The minimum atomic E-state index is -3.98. The van der Waals surface area contributed by atoms with Crippen molar-refractivity contribution in [2.45, 2.75) is 43.9 Å². The van der Waals surface area contributed by atoms with Crippen LogP contribution in [0.2, 0.25) is 0 Å². The van der Waals surface area contributed by atoms with E-state index in [9.17, 15) is 23.4 Å². The van der Waals surface area contributed by atoms with E-state index in [-0.39, 0.29) is 42.2 Å². The van der Waals surface area contributed by atoms with Crippen molar-refractivity contribution in [1.29, 1.82) is 0 Å². The number of fused-ring (bicyclic) bond motifs is 1. The smallest absolute Gasteiger partial charge is 0.253 e. The van der Waals surface area contributed by atoms with E-state index >= 15 is 0 Å². The van der Waals surface area contributed by atoms with Gasteiger partial charge in [-0.25, -0.2) is 8.42 Å². The molecule has 1 aliphatic heterocycles. The zero-order chi connectivity index (χ0) is 25.8. The van der Waals surface area contributed by atoms with E-state index in [1.807, 2.05) is 6.92 Å². The Morgan fingerprint density at radius 1 is 1.29 bits per heavy atom. The summed E-state index contributed by atoms with van der Waals surface area (Å²) >= 11 is 0. The van der Waals surface area contributed by atoms with Gasteiger partial charge in [0.05, 0.1) is 13.2 Å². The van der Waals surface area contributed by atoms with Gasteiger partial charge in [0.25, 0.3) is 5.91 Å². The maximum atomic E-state index is 13.5. The lowest BCUT2D eigenvalue weighted by atomic mass is 10.0. The van der Waals surface area contributed by atoms with E-state index in [2.05, 4.69) is 16.8 Å². The van der Waals surface area contributed by atoms with Crippen molar-refractivity contribution in [3.8, 4) is 17.6 Å². The van der Waals surface area contributed by atoms with Crippen LogP contribution in [0.3, 0.4) is 0 Å². The molecule has 0 aliphatic carbocycles. The van der Waals surface area contributed by atoms with Gasteiger partial charge in [-0.3, -0.25) is 9.78 Å². The normalized spacial score (nSPS) is 21.2. The summed E-state index contributed by atoms with van der Waals surface area (Å²) in [6, 6.07) is 7.10. The Bertz CT molecular complexity index is 1210. The van der Waals surface area contributed by atoms with E-state index in [0.717, 1.165) is 0 Å². The summed E-state index contributed by atoms with van der Waals surface area (Å²) in [7, 11) is -2.32. The number of nitrogens with zero attached hydrogens (tertiary/aromatic N) is 3.